The molecule has 2 aromatic rings. The Balaban J connectivity index is 1.69. The van der Waals surface area contributed by atoms with Gasteiger partial charge in [0, 0.05) is 27.6 Å². The minimum Gasteiger partial charge on any atom is -0.496 e. The van der Waals surface area contributed by atoms with Gasteiger partial charge in [0.05, 0.1) is 13.2 Å². The zero-order valence-electron chi connectivity index (χ0n) is 13.7. The average molecular weight is 344 g/mol. The number of urea groups is 1. The molecule has 6 heteroatoms. The Kier molecular flexibility index (Phi) is 4.85. The number of anilines is 1. The highest BCUT2D eigenvalue weighted by Crippen LogP contribution is 2.36. The molecule has 1 aliphatic carbocycles. The smallest absolute Gasteiger partial charge is 0.319 e. The summed E-state index contributed by atoms with van der Waals surface area (Å²) in [7, 11) is 0.583. The molecule has 1 aliphatic rings. The maximum absolute atomic E-state index is 12.3. The summed E-state index contributed by atoms with van der Waals surface area (Å²) < 4.78 is 16.9. The number of hydrogen-bond acceptors (Lipinski definition) is 3. The third kappa shape index (κ3) is 3.43. The van der Waals surface area contributed by atoms with Gasteiger partial charge in [0.2, 0.25) is 0 Å². The number of ether oxygens (including phenoxy) is 1. The molecule has 0 spiro atoms. The molecule has 2 aromatic carbocycles. The summed E-state index contributed by atoms with van der Waals surface area (Å²) in [6, 6.07) is 12.7. The zero-order chi connectivity index (χ0) is 17.1. The number of carbonyl (C=O) groups is 1. The van der Waals surface area contributed by atoms with E-state index in [9.17, 15) is 9.00 Å². The van der Waals surface area contributed by atoms with E-state index in [2.05, 4.69) is 10.6 Å². The second-order valence-corrected chi connectivity index (χ2v) is 7.08. The number of amides is 2. The topological polar surface area (TPSA) is 67.4 Å². The van der Waals surface area contributed by atoms with E-state index < -0.39 is 10.8 Å². The van der Waals surface area contributed by atoms with Crippen molar-refractivity contribution in [3.63, 3.8) is 0 Å². The summed E-state index contributed by atoms with van der Waals surface area (Å²) in [5.41, 5.74) is 2.89. The van der Waals surface area contributed by atoms with Gasteiger partial charge < -0.3 is 15.4 Å². The second-order valence-electron chi connectivity index (χ2n) is 5.70. The van der Waals surface area contributed by atoms with E-state index in [1.54, 1.807) is 37.6 Å². The Labute approximate surface area is 143 Å². The lowest BCUT2D eigenvalue weighted by Crippen LogP contribution is -2.31. The lowest BCUT2D eigenvalue weighted by Gasteiger charge is -2.15. The Hall–Kier alpha value is -2.34. The van der Waals surface area contributed by atoms with Crippen LogP contribution in [-0.2, 0) is 17.2 Å². The van der Waals surface area contributed by atoms with Gasteiger partial charge >= 0.3 is 6.03 Å². The van der Waals surface area contributed by atoms with Crippen molar-refractivity contribution < 1.29 is 13.7 Å². The molecule has 2 amide bonds. The molecular weight excluding hydrogens is 324 g/mol. The lowest BCUT2D eigenvalue weighted by molar-refractivity contribution is 0.248. The molecule has 0 aliphatic heterocycles. The van der Waals surface area contributed by atoms with Gasteiger partial charge in [-0.05, 0) is 48.2 Å². The molecule has 24 heavy (non-hydrogen) atoms. The van der Waals surface area contributed by atoms with Gasteiger partial charge in [-0.1, -0.05) is 18.2 Å². The van der Waals surface area contributed by atoms with Gasteiger partial charge in [0.1, 0.15) is 5.75 Å². The van der Waals surface area contributed by atoms with Crippen LogP contribution in [0.3, 0.4) is 0 Å². The SMILES string of the molecule is COc1cccc2c1CCC2NC(=O)Nc1cccc(S(C)=O)c1. The third-order valence-corrected chi connectivity index (χ3v) is 5.09. The van der Waals surface area contributed by atoms with E-state index in [-0.39, 0.29) is 12.1 Å². The molecule has 0 heterocycles. The van der Waals surface area contributed by atoms with Crippen LogP contribution in [0.25, 0.3) is 0 Å². The van der Waals surface area contributed by atoms with Crippen molar-refractivity contribution in [2.45, 2.75) is 23.8 Å². The second kappa shape index (κ2) is 7.05. The highest BCUT2D eigenvalue weighted by Gasteiger charge is 2.26. The number of methoxy groups -OCH3 is 1. The van der Waals surface area contributed by atoms with Crippen molar-refractivity contribution >= 4 is 22.5 Å². The predicted molar refractivity (Wildman–Crippen MR) is 95.0 cm³/mol. The molecule has 3 rings (SSSR count). The zero-order valence-corrected chi connectivity index (χ0v) is 14.5. The Morgan fingerprint density at radius 1 is 1.25 bits per heavy atom. The monoisotopic (exact) mass is 344 g/mol. The van der Waals surface area contributed by atoms with Crippen molar-refractivity contribution in [2.24, 2.45) is 0 Å². The normalized spacial score (nSPS) is 17.0. The predicted octanol–water partition coefficient (Wildman–Crippen LogP) is 3.24. The van der Waals surface area contributed by atoms with Crippen molar-refractivity contribution in [3.05, 3.63) is 53.6 Å². The number of carbonyl (C=O) groups excluding carboxylic acids is 1. The van der Waals surface area contributed by atoms with Crippen LogP contribution >= 0.6 is 0 Å². The van der Waals surface area contributed by atoms with E-state index in [4.69, 9.17) is 4.74 Å². The first-order valence-corrected chi connectivity index (χ1v) is 9.31. The molecule has 0 aromatic heterocycles. The highest BCUT2D eigenvalue weighted by atomic mass is 32.2. The van der Waals surface area contributed by atoms with Crippen LogP contribution in [0.2, 0.25) is 0 Å². The standard InChI is InChI=1S/C18H20N2O3S/c1-23-17-8-4-7-14-15(17)9-10-16(14)20-18(21)19-12-5-3-6-13(11-12)24(2)22/h3-8,11,16H,9-10H2,1-2H3,(H2,19,20,21). The van der Waals surface area contributed by atoms with Crippen LogP contribution in [0.4, 0.5) is 10.5 Å². The van der Waals surface area contributed by atoms with E-state index in [1.165, 1.54) is 0 Å². The first-order valence-electron chi connectivity index (χ1n) is 7.75. The quantitative estimate of drug-likeness (QED) is 0.895. The molecule has 2 N–H and O–H groups in total. The molecule has 0 fully saturated rings. The van der Waals surface area contributed by atoms with Crippen molar-refractivity contribution in [1.29, 1.82) is 0 Å². The summed E-state index contributed by atoms with van der Waals surface area (Å²) in [5.74, 6) is 0.871. The number of rotatable bonds is 4. The fourth-order valence-electron chi connectivity index (χ4n) is 3.04. The van der Waals surface area contributed by atoms with Gasteiger partial charge in [-0.2, -0.15) is 0 Å². The fraction of sp³-hybridized carbons (Fsp3) is 0.278. The van der Waals surface area contributed by atoms with Gasteiger partial charge in [0.15, 0.2) is 0 Å². The first kappa shape index (κ1) is 16.5. The Morgan fingerprint density at radius 3 is 2.79 bits per heavy atom. The van der Waals surface area contributed by atoms with E-state index in [0.29, 0.717) is 10.6 Å². The third-order valence-electron chi connectivity index (χ3n) is 4.18. The van der Waals surface area contributed by atoms with Crippen molar-refractivity contribution in [2.75, 3.05) is 18.7 Å². The maximum atomic E-state index is 12.3. The van der Waals surface area contributed by atoms with Gasteiger partial charge in [-0.3, -0.25) is 4.21 Å². The van der Waals surface area contributed by atoms with Crippen molar-refractivity contribution in [3.8, 4) is 5.75 Å². The summed E-state index contributed by atoms with van der Waals surface area (Å²) in [5, 5.41) is 5.81. The van der Waals surface area contributed by atoms with Gasteiger partial charge in [-0.15, -0.1) is 0 Å². The van der Waals surface area contributed by atoms with E-state index in [0.717, 1.165) is 29.7 Å². The maximum Gasteiger partial charge on any atom is 0.319 e. The summed E-state index contributed by atoms with van der Waals surface area (Å²) in [4.78, 5) is 13.0. The molecule has 0 radical (unpaired) electrons. The number of nitrogens with one attached hydrogen (secondary N) is 2. The summed E-state index contributed by atoms with van der Waals surface area (Å²) >= 11 is 0. The van der Waals surface area contributed by atoms with Crippen LogP contribution in [0.15, 0.2) is 47.4 Å². The average Bonchev–Trinajstić information content (AvgIpc) is 2.98. The summed E-state index contributed by atoms with van der Waals surface area (Å²) in [6.07, 6.45) is 3.35. The Bertz CT molecular complexity index is 792. The minimum atomic E-state index is -1.08. The van der Waals surface area contributed by atoms with Gasteiger partial charge in [0.25, 0.3) is 0 Å². The minimum absolute atomic E-state index is 0.0291. The summed E-state index contributed by atoms with van der Waals surface area (Å²) in [6.45, 7) is 0. The molecule has 0 saturated heterocycles. The number of hydrogen-bond donors (Lipinski definition) is 2. The van der Waals surface area contributed by atoms with Crippen molar-refractivity contribution in [1.82, 2.24) is 5.32 Å². The van der Waals surface area contributed by atoms with Crippen LogP contribution in [0, 0.1) is 0 Å². The molecule has 2 atom stereocenters. The number of fused-ring (bicyclic) bond motifs is 1. The molecular formula is C18H20N2O3S. The Morgan fingerprint density at radius 2 is 2.04 bits per heavy atom. The molecule has 0 bridgehead atoms. The molecule has 126 valence electrons. The van der Waals surface area contributed by atoms with Crippen LogP contribution in [0.5, 0.6) is 5.75 Å². The molecule has 5 nitrogen and oxygen atoms in total. The van der Waals surface area contributed by atoms with Crippen LogP contribution < -0.4 is 15.4 Å². The van der Waals surface area contributed by atoms with Crippen LogP contribution in [0.1, 0.15) is 23.6 Å². The fourth-order valence-corrected chi connectivity index (χ4v) is 3.60. The largest absolute Gasteiger partial charge is 0.496 e. The highest BCUT2D eigenvalue weighted by molar-refractivity contribution is 7.84. The molecule has 2 unspecified atom stereocenters. The molecule has 0 saturated carbocycles. The van der Waals surface area contributed by atoms with E-state index >= 15 is 0 Å². The van der Waals surface area contributed by atoms with Gasteiger partial charge in [-0.25, -0.2) is 4.79 Å². The van der Waals surface area contributed by atoms with E-state index in [1.807, 2.05) is 18.2 Å². The first-order chi connectivity index (χ1) is 11.6. The lowest BCUT2D eigenvalue weighted by atomic mass is 10.1. The van der Waals surface area contributed by atoms with Crippen LogP contribution in [-0.4, -0.2) is 23.6 Å². The number of benzene rings is 2.